The Kier molecular flexibility index (Phi) is 3.55. The molecule has 4 rings (SSSR count). The summed E-state index contributed by atoms with van der Waals surface area (Å²) < 4.78 is 16.2. The van der Waals surface area contributed by atoms with Gasteiger partial charge >= 0.3 is 5.97 Å². The molecule has 0 fully saturated rings. The Morgan fingerprint density at radius 3 is 2.71 bits per heavy atom. The van der Waals surface area contributed by atoms with Crippen LogP contribution in [-0.4, -0.2) is 16.1 Å². The topological polar surface area (TPSA) is 78.4 Å². The molecule has 0 amide bonds. The Bertz CT molecular complexity index is 955. The smallest absolute Gasteiger partial charge is 0.338 e. The predicted octanol–water partition coefficient (Wildman–Crippen LogP) is 3.84. The lowest BCUT2D eigenvalue weighted by Crippen LogP contribution is -2.05. The van der Waals surface area contributed by atoms with Crippen LogP contribution < -0.4 is 0 Å². The van der Waals surface area contributed by atoms with E-state index in [2.05, 4.69) is 10.1 Å². The molecule has 1 aromatic carbocycles. The van der Waals surface area contributed by atoms with Crippen LogP contribution in [-0.2, 0) is 11.3 Å². The third kappa shape index (κ3) is 2.77. The average molecular weight is 320 g/mol. The highest BCUT2D eigenvalue weighted by Gasteiger charge is 2.13. The first-order valence-corrected chi connectivity index (χ1v) is 7.31. The number of benzene rings is 1. The highest BCUT2D eigenvalue weighted by atomic mass is 16.5. The fourth-order valence-corrected chi connectivity index (χ4v) is 2.31. The normalized spacial score (nSPS) is 10.8. The van der Waals surface area contributed by atoms with Crippen molar-refractivity contribution in [2.75, 3.05) is 0 Å². The number of fused-ring (bicyclic) bond motifs is 1. The summed E-state index contributed by atoms with van der Waals surface area (Å²) in [4.78, 5) is 15.7. The number of aromatic nitrogens is 2. The first kappa shape index (κ1) is 14.2. The van der Waals surface area contributed by atoms with Gasteiger partial charge in [0.2, 0.25) is 5.76 Å². The van der Waals surface area contributed by atoms with E-state index in [4.69, 9.17) is 13.7 Å². The molecule has 0 radical (unpaired) electrons. The zero-order valence-corrected chi connectivity index (χ0v) is 12.5. The van der Waals surface area contributed by atoms with Crippen molar-refractivity contribution < 1.29 is 18.5 Å². The SMILES string of the molecule is O=C(OCc1cc(-c2cc3ccccc3o2)on1)c1ccncc1. The van der Waals surface area contributed by atoms with Crippen LogP contribution in [0, 0.1) is 0 Å². The van der Waals surface area contributed by atoms with Crippen molar-refractivity contribution in [2.24, 2.45) is 0 Å². The number of hydrogen-bond acceptors (Lipinski definition) is 6. The fraction of sp³-hybridized carbons (Fsp3) is 0.0556. The number of nitrogens with zero attached hydrogens (tertiary/aromatic N) is 2. The molecule has 0 spiro atoms. The summed E-state index contributed by atoms with van der Waals surface area (Å²) in [5.41, 5.74) is 1.72. The van der Waals surface area contributed by atoms with Crippen molar-refractivity contribution in [1.82, 2.24) is 10.1 Å². The van der Waals surface area contributed by atoms with Crippen molar-refractivity contribution in [2.45, 2.75) is 6.61 Å². The number of carbonyl (C=O) groups is 1. The van der Waals surface area contributed by atoms with Gasteiger partial charge in [-0.05, 0) is 24.3 Å². The molecule has 3 heterocycles. The molecule has 0 N–H and O–H groups in total. The largest absolute Gasteiger partial charge is 0.455 e. The molecular formula is C18H12N2O4. The van der Waals surface area contributed by atoms with Crippen molar-refractivity contribution in [3.8, 4) is 11.5 Å². The molecule has 6 heteroatoms. The second kappa shape index (κ2) is 6.00. The molecule has 3 aromatic heterocycles. The number of carbonyl (C=O) groups excluding carboxylic acids is 1. The summed E-state index contributed by atoms with van der Waals surface area (Å²) in [7, 11) is 0. The zero-order valence-electron chi connectivity index (χ0n) is 12.5. The Hall–Kier alpha value is -3.41. The van der Waals surface area contributed by atoms with Crippen LogP contribution in [0.15, 0.2) is 69.9 Å². The third-order valence-electron chi connectivity index (χ3n) is 3.49. The molecule has 118 valence electrons. The van der Waals surface area contributed by atoms with Crippen LogP contribution in [0.1, 0.15) is 16.1 Å². The van der Waals surface area contributed by atoms with E-state index in [1.54, 1.807) is 18.2 Å². The molecular weight excluding hydrogens is 308 g/mol. The highest BCUT2D eigenvalue weighted by molar-refractivity contribution is 5.89. The molecule has 0 aliphatic carbocycles. The predicted molar refractivity (Wildman–Crippen MR) is 85.1 cm³/mol. The maximum Gasteiger partial charge on any atom is 0.338 e. The zero-order chi connectivity index (χ0) is 16.4. The first-order chi connectivity index (χ1) is 11.8. The van der Waals surface area contributed by atoms with Gasteiger partial charge in [0.05, 0.1) is 5.56 Å². The molecule has 6 nitrogen and oxygen atoms in total. The first-order valence-electron chi connectivity index (χ1n) is 7.31. The lowest BCUT2D eigenvalue weighted by atomic mass is 10.2. The van der Waals surface area contributed by atoms with Crippen molar-refractivity contribution in [1.29, 1.82) is 0 Å². The van der Waals surface area contributed by atoms with Crippen molar-refractivity contribution in [3.63, 3.8) is 0 Å². The molecule has 0 saturated carbocycles. The van der Waals surface area contributed by atoms with E-state index >= 15 is 0 Å². The summed E-state index contributed by atoms with van der Waals surface area (Å²) >= 11 is 0. The molecule has 0 atom stereocenters. The maximum atomic E-state index is 11.9. The summed E-state index contributed by atoms with van der Waals surface area (Å²) in [6, 6.07) is 14.4. The van der Waals surface area contributed by atoms with Crippen LogP contribution in [0.4, 0.5) is 0 Å². The number of pyridine rings is 1. The Morgan fingerprint density at radius 2 is 1.88 bits per heavy atom. The van der Waals surface area contributed by atoms with Gasteiger partial charge in [0.15, 0.2) is 5.76 Å². The summed E-state index contributed by atoms with van der Waals surface area (Å²) in [6.45, 7) is 0.0187. The minimum Gasteiger partial charge on any atom is -0.455 e. The number of para-hydroxylation sites is 1. The fourth-order valence-electron chi connectivity index (χ4n) is 2.31. The minimum absolute atomic E-state index is 0.0187. The molecule has 0 saturated heterocycles. The number of ether oxygens (including phenoxy) is 1. The van der Waals surface area contributed by atoms with Crippen LogP contribution in [0.2, 0.25) is 0 Å². The van der Waals surface area contributed by atoms with Crippen molar-refractivity contribution >= 4 is 16.9 Å². The second-order valence-electron chi connectivity index (χ2n) is 5.14. The summed E-state index contributed by atoms with van der Waals surface area (Å²) in [5.74, 6) is 0.627. The number of esters is 1. The van der Waals surface area contributed by atoms with Gasteiger partial charge in [0, 0.05) is 23.8 Å². The van der Waals surface area contributed by atoms with Crippen LogP contribution in [0.25, 0.3) is 22.5 Å². The molecule has 0 bridgehead atoms. The highest BCUT2D eigenvalue weighted by Crippen LogP contribution is 2.28. The van der Waals surface area contributed by atoms with Gasteiger partial charge in [-0.25, -0.2) is 4.79 Å². The lowest BCUT2D eigenvalue weighted by molar-refractivity contribution is 0.0464. The van der Waals surface area contributed by atoms with E-state index in [1.807, 2.05) is 30.3 Å². The van der Waals surface area contributed by atoms with Crippen LogP contribution in [0.3, 0.4) is 0 Å². The number of rotatable bonds is 4. The molecule has 4 aromatic rings. The van der Waals surface area contributed by atoms with Gasteiger partial charge in [-0.1, -0.05) is 23.4 Å². The monoisotopic (exact) mass is 320 g/mol. The van der Waals surface area contributed by atoms with Crippen LogP contribution in [0.5, 0.6) is 0 Å². The molecule has 0 aliphatic rings. The van der Waals surface area contributed by atoms with Gasteiger partial charge in [0.25, 0.3) is 0 Å². The minimum atomic E-state index is -0.439. The van der Waals surface area contributed by atoms with Gasteiger partial charge in [-0.15, -0.1) is 0 Å². The Morgan fingerprint density at radius 1 is 1.04 bits per heavy atom. The Balaban J connectivity index is 1.48. The maximum absolute atomic E-state index is 11.9. The lowest BCUT2D eigenvalue weighted by Gasteiger charge is -2.01. The van der Waals surface area contributed by atoms with Gasteiger partial charge < -0.3 is 13.7 Å². The Labute approximate surface area is 136 Å². The molecule has 0 unspecified atom stereocenters. The standard InChI is InChI=1S/C18H12N2O4/c21-18(12-5-7-19-8-6-12)22-11-14-10-17(24-20-14)16-9-13-3-1-2-4-15(13)23-16/h1-10H,11H2. The van der Waals surface area contributed by atoms with Gasteiger partial charge in [-0.3, -0.25) is 4.98 Å². The summed E-state index contributed by atoms with van der Waals surface area (Å²) in [6.07, 6.45) is 3.07. The van der Waals surface area contributed by atoms with Crippen LogP contribution >= 0.6 is 0 Å². The second-order valence-corrected chi connectivity index (χ2v) is 5.14. The van der Waals surface area contributed by atoms with E-state index in [0.29, 0.717) is 22.8 Å². The number of hydrogen-bond donors (Lipinski definition) is 0. The van der Waals surface area contributed by atoms with E-state index in [9.17, 15) is 4.79 Å². The van der Waals surface area contributed by atoms with E-state index < -0.39 is 5.97 Å². The molecule has 0 aliphatic heterocycles. The van der Waals surface area contributed by atoms with E-state index in [1.165, 1.54) is 12.4 Å². The molecule has 24 heavy (non-hydrogen) atoms. The number of furan rings is 1. The van der Waals surface area contributed by atoms with E-state index in [0.717, 1.165) is 11.0 Å². The summed E-state index contributed by atoms with van der Waals surface area (Å²) in [5, 5.41) is 4.88. The van der Waals surface area contributed by atoms with Gasteiger partial charge in [0.1, 0.15) is 17.9 Å². The average Bonchev–Trinajstić information content (AvgIpc) is 3.27. The third-order valence-corrected chi connectivity index (χ3v) is 3.49. The quantitative estimate of drug-likeness (QED) is 0.532. The van der Waals surface area contributed by atoms with Gasteiger partial charge in [-0.2, -0.15) is 0 Å². The van der Waals surface area contributed by atoms with E-state index in [-0.39, 0.29) is 6.61 Å². The van der Waals surface area contributed by atoms with Crippen molar-refractivity contribution in [3.05, 3.63) is 72.2 Å².